The normalized spacial score (nSPS) is 27.9. The molecule has 0 spiro atoms. The number of ketones is 1. The average Bonchev–Trinajstić information content (AvgIpc) is 2.53. The third-order valence-corrected chi connectivity index (χ3v) is 5.06. The molecule has 1 N–H and O–H groups in total. The van der Waals surface area contributed by atoms with Crippen molar-refractivity contribution in [3.8, 4) is 0 Å². The van der Waals surface area contributed by atoms with Crippen molar-refractivity contribution in [3.63, 3.8) is 0 Å². The lowest BCUT2D eigenvalue weighted by molar-refractivity contribution is -0.130. The number of hydrogen-bond acceptors (Lipinski definition) is 2. The highest BCUT2D eigenvalue weighted by molar-refractivity contribution is 5.85. The van der Waals surface area contributed by atoms with Gasteiger partial charge in [0.1, 0.15) is 5.78 Å². The van der Waals surface area contributed by atoms with E-state index >= 15 is 0 Å². The molecule has 0 amide bonds. The van der Waals surface area contributed by atoms with Gasteiger partial charge in [0.05, 0.1) is 0 Å². The molecule has 2 nitrogen and oxygen atoms in total. The maximum absolute atomic E-state index is 12.8. The topological polar surface area (TPSA) is 29.1 Å². The molecule has 0 saturated carbocycles. The van der Waals surface area contributed by atoms with E-state index < -0.39 is 0 Å². The number of carbonyl (C=O) groups excluding carboxylic acids is 1. The molecule has 2 aromatic carbocycles. The molecule has 0 radical (unpaired) electrons. The van der Waals surface area contributed by atoms with Gasteiger partial charge in [0.15, 0.2) is 0 Å². The van der Waals surface area contributed by atoms with Crippen LogP contribution in [0.4, 0.5) is 0 Å². The van der Waals surface area contributed by atoms with Gasteiger partial charge in [-0.3, -0.25) is 4.79 Å². The Morgan fingerprint density at radius 2 is 1.22 bits per heavy atom. The van der Waals surface area contributed by atoms with Crippen LogP contribution in [0.2, 0.25) is 0 Å². The minimum atomic E-state index is -0.00661. The molecule has 0 aromatic heterocycles. The highest BCUT2D eigenvalue weighted by Gasteiger charge is 2.40. The standard InChI is InChI=1S/C21H25NO/c1-13-7-5-9-17(11-13)19-15(3)21(23)16(4)20(22-19)18-10-6-8-14(2)12-18/h5-12,15-16,19-20,22H,1-4H3/t15-,16-,19-,20-/m1/s1. The van der Waals surface area contributed by atoms with E-state index in [-0.39, 0.29) is 23.9 Å². The maximum Gasteiger partial charge on any atom is 0.142 e. The molecule has 1 fully saturated rings. The van der Waals surface area contributed by atoms with Crippen molar-refractivity contribution in [2.75, 3.05) is 0 Å². The highest BCUT2D eigenvalue weighted by Crippen LogP contribution is 2.38. The van der Waals surface area contributed by atoms with E-state index in [4.69, 9.17) is 0 Å². The first-order chi connectivity index (χ1) is 11.0. The monoisotopic (exact) mass is 307 g/mol. The lowest BCUT2D eigenvalue weighted by Gasteiger charge is -2.39. The van der Waals surface area contributed by atoms with Crippen LogP contribution in [0.15, 0.2) is 48.5 Å². The van der Waals surface area contributed by atoms with Crippen molar-refractivity contribution in [1.29, 1.82) is 0 Å². The number of rotatable bonds is 2. The van der Waals surface area contributed by atoms with Crippen molar-refractivity contribution in [3.05, 3.63) is 70.8 Å². The van der Waals surface area contributed by atoms with Crippen LogP contribution in [0.25, 0.3) is 0 Å². The van der Waals surface area contributed by atoms with Crippen molar-refractivity contribution in [1.82, 2.24) is 5.32 Å². The second kappa shape index (κ2) is 6.29. The Hall–Kier alpha value is -1.93. The van der Waals surface area contributed by atoms with Crippen molar-refractivity contribution >= 4 is 5.78 Å². The second-order valence-corrected chi connectivity index (χ2v) is 6.93. The van der Waals surface area contributed by atoms with Crippen LogP contribution in [0.3, 0.4) is 0 Å². The van der Waals surface area contributed by atoms with Crippen molar-refractivity contribution < 1.29 is 4.79 Å². The molecule has 1 aliphatic rings. The molecule has 2 heteroatoms. The third kappa shape index (κ3) is 3.09. The zero-order valence-electron chi connectivity index (χ0n) is 14.3. The number of hydrogen-bond donors (Lipinski definition) is 1. The Bertz CT molecular complexity index is 662. The van der Waals surface area contributed by atoms with E-state index in [9.17, 15) is 4.79 Å². The van der Waals surface area contributed by atoms with Crippen molar-refractivity contribution in [2.45, 2.75) is 39.8 Å². The SMILES string of the molecule is Cc1cccc([C@@H]2N[C@@H](c3cccc(C)c3)[C@@H](C)C(=O)[C@@H]2C)c1. The fourth-order valence-corrected chi connectivity index (χ4v) is 3.72. The first-order valence-corrected chi connectivity index (χ1v) is 8.40. The number of aryl methyl sites for hydroxylation is 2. The molecule has 3 rings (SSSR count). The summed E-state index contributed by atoms with van der Waals surface area (Å²) in [7, 11) is 0. The summed E-state index contributed by atoms with van der Waals surface area (Å²) in [6, 6.07) is 17.1. The molecular weight excluding hydrogens is 282 g/mol. The second-order valence-electron chi connectivity index (χ2n) is 6.93. The molecule has 0 aliphatic carbocycles. The van der Waals surface area contributed by atoms with Gasteiger partial charge in [0.2, 0.25) is 0 Å². The Balaban J connectivity index is 1.97. The molecule has 0 bridgehead atoms. The summed E-state index contributed by atoms with van der Waals surface area (Å²) in [5.74, 6) is 0.336. The van der Waals surface area contributed by atoms with E-state index in [1.165, 1.54) is 22.3 Å². The number of Topliss-reactive ketones (excluding diaryl/α,β-unsaturated/α-hetero) is 1. The number of nitrogens with one attached hydrogen (secondary N) is 1. The average molecular weight is 307 g/mol. The van der Waals surface area contributed by atoms with Crippen LogP contribution in [-0.4, -0.2) is 5.78 Å². The smallest absolute Gasteiger partial charge is 0.142 e. The first kappa shape index (κ1) is 15.9. The van der Waals surface area contributed by atoms with Gasteiger partial charge in [-0.2, -0.15) is 0 Å². The summed E-state index contributed by atoms with van der Waals surface area (Å²) >= 11 is 0. The zero-order valence-corrected chi connectivity index (χ0v) is 14.3. The summed E-state index contributed by atoms with van der Waals surface area (Å²) in [4.78, 5) is 12.8. The molecular formula is C21H25NO. The van der Waals surface area contributed by atoms with Gasteiger partial charge in [0, 0.05) is 23.9 Å². The van der Waals surface area contributed by atoms with E-state index in [0.717, 1.165) is 0 Å². The summed E-state index contributed by atoms with van der Waals surface area (Å²) in [6.07, 6.45) is 0. The largest absolute Gasteiger partial charge is 0.302 e. The van der Waals surface area contributed by atoms with Crippen LogP contribution < -0.4 is 5.32 Å². The molecule has 0 unspecified atom stereocenters. The van der Waals surface area contributed by atoms with Crippen molar-refractivity contribution in [2.24, 2.45) is 11.8 Å². The van der Waals surface area contributed by atoms with E-state index in [1.54, 1.807) is 0 Å². The van der Waals surface area contributed by atoms with Crippen LogP contribution in [0.1, 0.15) is 48.2 Å². The molecule has 1 heterocycles. The number of carbonyl (C=O) groups is 1. The number of benzene rings is 2. The maximum atomic E-state index is 12.8. The molecule has 1 aliphatic heterocycles. The Labute approximate surface area is 138 Å². The van der Waals surface area contributed by atoms with Crippen LogP contribution in [-0.2, 0) is 4.79 Å². The third-order valence-electron chi connectivity index (χ3n) is 5.06. The molecule has 4 atom stereocenters. The van der Waals surface area contributed by atoms with E-state index in [1.807, 2.05) is 13.8 Å². The first-order valence-electron chi connectivity index (χ1n) is 8.40. The van der Waals surface area contributed by atoms with Crippen LogP contribution in [0.5, 0.6) is 0 Å². The summed E-state index contributed by atoms with van der Waals surface area (Å²) in [6.45, 7) is 8.29. The lowest BCUT2D eigenvalue weighted by atomic mass is 9.76. The summed E-state index contributed by atoms with van der Waals surface area (Å²) < 4.78 is 0. The van der Waals surface area contributed by atoms with Gasteiger partial charge >= 0.3 is 0 Å². The van der Waals surface area contributed by atoms with E-state index in [0.29, 0.717) is 5.78 Å². The highest BCUT2D eigenvalue weighted by atomic mass is 16.1. The lowest BCUT2D eigenvalue weighted by Crippen LogP contribution is -2.46. The van der Waals surface area contributed by atoms with Gasteiger partial charge in [-0.1, -0.05) is 73.5 Å². The Morgan fingerprint density at radius 1 is 0.783 bits per heavy atom. The van der Waals surface area contributed by atoms with Gasteiger partial charge in [0.25, 0.3) is 0 Å². The minimum absolute atomic E-state index is 0.00661. The van der Waals surface area contributed by atoms with Gasteiger partial charge < -0.3 is 5.32 Å². The molecule has 23 heavy (non-hydrogen) atoms. The predicted molar refractivity (Wildman–Crippen MR) is 94.3 cm³/mol. The molecule has 2 aromatic rings. The number of piperidine rings is 1. The Morgan fingerprint density at radius 3 is 1.61 bits per heavy atom. The fraction of sp³-hybridized carbons (Fsp3) is 0.381. The van der Waals surface area contributed by atoms with E-state index in [2.05, 4.69) is 67.7 Å². The van der Waals surface area contributed by atoms with Crippen LogP contribution in [0, 0.1) is 25.7 Å². The predicted octanol–water partition coefficient (Wildman–Crippen LogP) is 4.53. The molecule has 1 saturated heterocycles. The zero-order chi connectivity index (χ0) is 16.6. The molecule has 120 valence electrons. The van der Waals surface area contributed by atoms with Gasteiger partial charge in [-0.25, -0.2) is 0 Å². The minimum Gasteiger partial charge on any atom is -0.302 e. The summed E-state index contributed by atoms with van der Waals surface area (Å²) in [5, 5.41) is 3.75. The Kier molecular flexibility index (Phi) is 4.36. The van der Waals surface area contributed by atoms with Gasteiger partial charge in [-0.15, -0.1) is 0 Å². The summed E-state index contributed by atoms with van der Waals surface area (Å²) in [5.41, 5.74) is 4.87. The quantitative estimate of drug-likeness (QED) is 0.883. The fourth-order valence-electron chi connectivity index (χ4n) is 3.72. The van der Waals surface area contributed by atoms with Crippen LogP contribution >= 0.6 is 0 Å². The van der Waals surface area contributed by atoms with Gasteiger partial charge in [-0.05, 0) is 25.0 Å².